The molecule has 1 unspecified atom stereocenters. The first-order valence-electron chi connectivity index (χ1n) is 7.78. The second-order valence-electron chi connectivity index (χ2n) is 5.30. The highest BCUT2D eigenvalue weighted by molar-refractivity contribution is 5.32. The molecule has 0 aromatic heterocycles. The van der Waals surface area contributed by atoms with Crippen molar-refractivity contribution in [1.82, 2.24) is 10.6 Å². The number of nitrogens with one attached hydrogen (secondary N) is 2. The summed E-state index contributed by atoms with van der Waals surface area (Å²) in [5.74, 6) is 0. The highest BCUT2D eigenvalue weighted by Gasteiger charge is 2.23. The third kappa shape index (κ3) is 5.65. The lowest BCUT2D eigenvalue weighted by Gasteiger charge is -2.31. The summed E-state index contributed by atoms with van der Waals surface area (Å²) in [6, 6.07) is 0. The molecule has 0 saturated carbocycles. The van der Waals surface area contributed by atoms with E-state index in [1.54, 1.807) is 0 Å². The molecule has 108 valence electrons. The van der Waals surface area contributed by atoms with E-state index >= 15 is 0 Å². The minimum absolute atomic E-state index is 0.0276. The lowest BCUT2D eigenvalue weighted by atomic mass is 9.89. The molecule has 0 radical (unpaired) electrons. The number of hydrogen-bond acceptors (Lipinski definition) is 2. The number of allylic oxidation sites excluding steroid dienone is 2. The minimum Gasteiger partial charge on any atom is -0.385 e. The van der Waals surface area contributed by atoms with Gasteiger partial charge < -0.3 is 10.6 Å². The first-order valence-corrected chi connectivity index (χ1v) is 7.78. The van der Waals surface area contributed by atoms with E-state index in [9.17, 15) is 0 Å². The van der Waals surface area contributed by atoms with Gasteiger partial charge in [0.1, 0.15) is 0 Å². The summed E-state index contributed by atoms with van der Waals surface area (Å²) in [6.07, 6.45) is 17.2. The molecular weight excluding hydrogens is 232 g/mol. The number of rotatable bonds is 9. The smallest absolute Gasteiger partial charge is 0.0589 e. The fraction of sp³-hybridized carbons (Fsp3) is 0.647. The van der Waals surface area contributed by atoms with Gasteiger partial charge in [-0.3, -0.25) is 0 Å². The zero-order chi connectivity index (χ0) is 14.0. The lowest BCUT2D eigenvalue weighted by molar-refractivity contribution is 0.472. The van der Waals surface area contributed by atoms with Crippen LogP contribution in [-0.2, 0) is 0 Å². The van der Waals surface area contributed by atoms with Crippen molar-refractivity contribution in [1.29, 1.82) is 0 Å². The average molecular weight is 262 g/mol. The predicted octanol–water partition coefficient (Wildman–Crippen LogP) is 3.92. The van der Waals surface area contributed by atoms with Crippen LogP contribution >= 0.6 is 0 Å². The Morgan fingerprint density at radius 2 is 1.95 bits per heavy atom. The van der Waals surface area contributed by atoms with E-state index in [4.69, 9.17) is 0 Å². The topological polar surface area (TPSA) is 24.1 Å². The molecule has 0 aliphatic heterocycles. The molecule has 0 aromatic carbocycles. The molecule has 1 rings (SSSR count). The normalized spacial score (nSPS) is 22.8. The summed E-state index contributed by atoms with van der Waals surface area (Å²) >= 11 is 0. The van der Waals surface area contributed by atoms with Gasteiger partial charge in [-0.1, -0.05) is 51.0 Å². The highest BCUT2D eigenvalue weighted by atomic mass is 15.0. The maximum Gasteiger partial charge on any atom is 0.0589 e. The van der Waals surface area contributed by atoms with Gasteiger partial charge in [0, 0.05) is 12.2 Å². The third-order valence-electron chi connectivity index (χ3n) is 3.53. The van der Waals surface area contributed by atoms with Gasteiger partial charge in [0.25, 0.3) is 0 Å². The first kappa shape index (κ1) is 16.0. The van der Waals surface area contributed by atoms with Crippen LogP contribution in [0.5, 0.6) is 0 Å². The molecule has 2 nitrogen and oxygen atoms in total. The first-order chi connectivity index (χ1) is 9.26. The van der Waals surface area contributed by atoms with E-state index in [2.05, 4.69) is 61.8 Å². The van der Waals surface area contributed by atoms with Crippen molar-refractivity contribution in [2.45, 2.75) is 58.4 Å². The van der Waals surface area contributed by atoms with Crippen molar-refractivity contribution >= 4 is 0 Å². The molecule has 2 heteroatoms. The van der Waals surface area contributed by atoms with Crippen LogP contribution in [0.4, 0.5) is 0 Å². The minimum atomic E-state index is 0.0276. The number of hydrogen-bond donors (Lipinski definition) is 2. The molecule has 0 bridgehead atoms. The lowest BCUT2D eigenvalue weighted by Crippen LogP contribution is -2.43. The Morgan fingerprint density at radius 1 is 1.21 bits per heavy atom. The van der Waals surface area contributed by atoms with Gasteiger partial charge in [0.05, 0.1) is 5.54 Å². The van der Waals surface area contributed by atoms with Crippen LogP contribution in [0, 0.1) is 0 Å². The van der Waals surface area contributed by atoms with Crippen LogP contribution < -0.4 is 10.6 Å². The van der Waals surface area contributed by atoms with Crippen LogP contribution in [-0.4, -0.2) is 18.6 Å². The Labute approximate surface area is 119 Å². The molecule has 0 amide bonds. The van der Waals surface area contributed by atoms with Crippen LogP contribution in [0.3, 0.4) is 0 Å². The van der Waals surface area contributed by atoms with Gasteiger partial charge in [-0.15, -0.1) is 0 Å². The second kappa shape index (κ2) is 8.98. The largest absolute Gasteiger partial charge is 0.385 e. The van der Waals surface area contributed by atoms with E-state index in [1.807, 2.05) is 0 Å². The van der Waals surface area contributed by atoms with Gasteiger partial charge in [-0.05, 0) is 38.8 Å². The molecule has 1 aliphatic rings. The second-order valence-corrected chi connectivity index (χ2v) is 5.30. The Kier molecular flexibility index (Phi) is 7.57. The standard InChI is InChI=1S/C17H30N2/c1-4-7-14-18-16-9-12-17(11-6-3,13-10-16)19-15-8-5-2/h6,9-12,18-19H,4-5,7-8,13-15H2,1-3H3. The van der Waals surface area contributed by atoms with E-state index in [1.165, 1.54) is 31.4 Å². The maximum atomic E-state index is 3.68. The summed E-state index contributed by atoms with van der Waals surface area (Å²) in [4.78, 5) is 0. The fourth-order valence-corrected chi connectivity index (χ4v) is 2.30. The molecule has 0 saturated heterocycles. The van der Waals surface area contributed by atoms with Gasteiger partial charge in [0.2, 0.25) is 0 Å². The van der Waals surface area contributed by atoms with Crippen molar-refractivity contribution in [3.05, 3.63) is 36.1 Å². The predicted molar refractivity (Wildman–Crippen MR) is 85.2 cm³/mol. The van der Waals surface area contributed by atoms with Gasteiger partial charge in [-0.2, -0.15) is 0 Å². The van der Waals surface area contributed by atoms with E-state index in [0.29, 0.717) is 0 Å². The van der Waals surface area contributed by atoms with Gasteiger partial charge in [0.15, 0.2) is 0 Å². The highest BCUT2D eigenvalue weighted by Crippen LogP contribution is 2.22. The molecule has 19 heavy (non-hydrogen) atoms. The monoisotopic (exact) mass is 262 g/mol. The molecule has 0 fully saturated rings. The molecule has 2 N–H and O–H groups in total. The molecular formula is C17H30N2. The molecule has 0 heterocycles. The molecule has 0 spiro atoms. The van der Waals surface area contributed by atoms with Crippen molar-refractivity contribution in [2.24, 2.45) is 0 Å². The Bertz CT molecular complexity index is 328. The van der Waals surface area contributed by atoms with Crippen molar-refractivity contribution < 1.29 is 0 Å². The molecule has 1 aliphatic carbocycles. The van der Waals surface area contributed by atoms with Crippen molar-refractivity contribution in [3.8, 4) is 0 Å². The van der Waals surface area contributed by atoms with Gasteiger partial charge >= 0.3 is 0 Å². The SMILES string of the molecule is CC=CC1(NCCCC)C=CC(NCCCC)=CC1. The van der Waals surface area contributed by atoms with Gasteiger partial charge in [-0.25, -0.2) is 0 Å². The van der Waals surface area contributed by atoms with Crippen LogP contribution in [0.25, 0.3) is 0 Å². The average Bonchev–Trinajstić information content (AvgIpc) is 2.42. The van der Waals surface area contributed by atoms with Crippen molar-refractivity contribution in [3.63, 3.8) is 0 Å². The Hall–Kier alpha value is -1.02. The summed E-state index contributed by atoms with van der Waals surface area (Å²) in [5.41, 5.74) is 1.30. The molecule has 0 aromatic rings. The summed E-state index contributed by atoms with van der Waals surface area (Å²) in [6.45, 7) is 8.71. The number of unbranched alkanes of at least 4 members (excludes halogenated alkanes) is 2. The molecule has 1 atom stereocenters. The zero-order valence-corrected chi connectivity index (χ0v) is 12.8. The van der Waals surface area contributed by atoms with E-state index < -0.39 is 0 Å². The summed E-state index contributed by atoms with van der Waals surface area (Å²) < 4.78 is 0. The quantitative estimate of drug-likeness (QED) is 0.486. The van der Waals surface area contributed by atoms with Crippen molar-refractivity contribution in [2.75, 3.05) is 13.1 Å². The van der Waals surface area contributed by atoms with Crippen LogP contribution in [0.1, 0.15) is 52.9 Å². The Morgan fingerprint density at radius 3 is 2.53 bits per heavy atom. The summed E-state index contributed by atoms with van der Waals surface area (Å²) in [7, 11) is 0. The summed E-state index contributed by atoms with van der Waals surface area (Å²) in [5, 5.41) is 7.17. The van der Waals surface area contributed by atoms with Crippen LogP contribution in [0.15, 0.2) is 36.1 Å². The third-order valence-corrected chi connectivity index (χ3v) is 3.53. The maximum absolute atomic E-state index is 3.68. The van der Waals surface area contributed by atoms with Crippen LogP contribution in [0.2, 0.25) is 0 Å². The fourth-order valence-electron chi connectivity index (χ4n) is 2.30. The van der Waals surface area contributed by atoms with E-state index in [-0.39, 0.29) is 5.54 Å². The zero-order valence-electron chi connectivity index (χ0n) is 12.8. The van der Waals surface area contributed by atoms with E-state index in [0.717, 1.165) is 19.5 Å². The Balaban J connectivity index is 2.51.